The van der Waals surface area contributed by atoms with E-state index in [1.165, 1.54) is 25.7 Å². The van der Waals surface area contributed by atoms with Gasteiger partial charge in [-0.3, -0.25) is 14.9 Å². The number of carbonyl (C=O) groups is 2. The molecule has 0 aromatic rings. The molecule has 2 amide bonds. The van der Waals surface area contributed by atoms with Gasteiger partial charge in [0.1, 0.15) is 6.04 Å². The van der Waals surface area contributed by atoms with Crippen LogP contribution in [0.5, 0.6) is 0 Å². The van der Waals surface area contributed by atoms with Gasteiger partial charge in [0.15, 0.2) is 0 Å². The summed E-state index contributed by atoms with van der Waals surface area (Å²) >= 11 is 0. The van der Waals surface area contributed by atoms with Gasteiger partial charge < -0.3 is 10.6 Å². The summed E-state index contributed by atoms with van der Waals surface area (Å²) in [5.74, 6) is 0.583. The summed E-state index contributed by atoms with van der Waals surface area (Å²) in [6.45, 7) is 2.70. The largest absolute Gasteiger partial charge is 0.353 e. The van der Waals surface area contributed by atoms with Gasteiger partial charge in [-0.1, -0.05) is 12.8 Å². The lowest BCUT2D eigenvalue weighted by Gasteiger charge is -2.27. The maximum atomic E-state index is 11.9. The highest BCUT2D eigenvalue weighted by Crippen LogP contribution is 2.27. The first-order valence-corrected chi connectivity index (χ1v) is 6.47. The first kappa shape index (κ1) is 12.4. The molecule has 0 bridgehead atoms. The zero-order chi connectivity index (χ0) is 12.3. The Kier molecular flexibility index (Phi) is 3.99. The number of carbonyl (C=O) groups excluding carboxylic acids is 2. The van der Waals surface area contributed by atoms with Gasteiger partial charge in [-0.05, 0) is 25.7 Å². The maximum Gasteiger partial charge on any atom is 0.239 e. The summed E-state index contributed by atoms with van der Waals surface area (Å²) < 4.78 is 0. The Morgan fingerprint density at radius 3 is 2.71 bits per heavy atom. The lowest BCUT2D eigenvalue weighted by molar-refractivity contribution is -0.127. The maximum absolute atomic E-state index is 11.9. The van der Waals surface area contributed by atoms with Crippen molar-refractivity contribution >= 4 is 11.8 Å². The standard InChI is InChI=1S/C12H21N3O2/c1-8(9-4-2-3-5-9)15-12(17)10-6-14-11(16)7-13-10/h8-10,13H,2-7H2,1H3,(H,14,16)(H,15,17)/t8-,10?/m1/s1. The van der Waals surface area contributed by atoms with E-state index >= 15 is 0 Å². The lowest BCUT2D eigenvalue weighted by atomic mass is 9.99. The number of nitrogens with one attached hydrogen (secondary N) is 3. The third-order valence-corrected chi connectivity index (χ3v) is 3.81. The van der Waals surface area contributed by atoms with E-state index < -0.39 is 0 Å². The van der Waals surface area contributed by atoms with Gasteiger partial charge in [-0.15, -0.1) is 0 Å². The van der Waals surface area contributed by atoms with Gasteiger partial charge in [0, 0.05) is 12.6 Å². The Morgan fingerprint density at radius 1 is 1.41 bits per heavy atom. The number of hydrogen-bond donors (Lipinski definition) is 3. The molecule has 1 unspecified atom stereocenters. The minimum Gasteiger partial charge on any atom is -0.353 e. The molecule has 3 N–H and O–H groups in total. The van der Waals surface area contributed by atoms with Crippen LogP contribution in [0.3, 0.4) is 0 Å². The number of piperazine rings is 1. The van der Waals surface area contributed by atoms with Crippen LogP contribution in [0.25, 0.3) is 0 Å². The van der Waals surface area contributed by atoms with Crippen LogP contribution < -0.4 is 16.0 Å². The minimum absolute atomic E-state index is 0.00407. The van der Waals surface area contributed by atoms with Crippen LogP contribution in [-0.2, 0) is 9.59 Å². The first-order valence-electron chi connectivity index (χ1n) is 6.47. The third-order valence-electron chi connectivity index (χ3n) is 3.81. The summed E-state index contributed by atoms with van der Waals surface area (Å²) in [5, 5.41) is 8.69. The molecular weight excluding hydrogens is 218 g/mol. The van der Waals surface area contributed by atoms with Gasteiger partial charge in [0.2, 0.25) is 11.8 Å². The average molecular weight is 239 g/mol. The van der Waals surface area contributed by atoms with Crippen molar-refractivity contribution < 1.29 is 9.59 Å². The molecule has 0 aromatic heterocycles. The second kappa shape index (κ2) is 5.49. The molecule has 0 radical (unpaired) electrons. The Labute approximate surface area is 102 Å². The molecule has 17 heavy (non-hydrogen) atoms. The summed E-state index contributed by atoms with van der Waals surface area (Å²) in [7, 11) is 0. The van der Waals surface area contributed by atoms with E-state index in [0.717, 1.165) is 0 Å². The van der Waals surface area contributed by atoms with Crippen LogP contribution in [0, 0.1) is 5.92 Å². The van der Waals surface area contributed by atoms with Crippen molar-refractivity contribution in [1.29, 1.82) is 0 Å². The molecule has 96 valence electrons. The predicted octanol–water partition coefficient (Wildman–Crippen LogP) is -0.231. The molecular formula is C12H21N3O2. The van der Waals surface area contributed by atoms with E-state index in [-0.39, 0.29) is 30.4 Å². The van der Waals surface area contributed by atoms with Crippen LogP contribution in [0.1, 0.15) is 32.6 Å². The van der Waals surface area contributed by atoms with Crippen LogP contribution in [-0.4, -0.2) is 37.0 Å². The van der Waals surface area contributed by atoms with Crippen molar-refractivity contribution in [3.05, 3.63) is 0 Å². The lowest BCUT2D eigenvalue weighted by Crippen LogP contribution is -2.59. The monoisotopic (exact) mass is 239 g/mol. The van der Waals surface area contributed by atoms with Crippen LogP contribution in [0.4, 0.5) is 0 Å². The van der Waals surface area contributed by atoms with E-state index in [9.17, 15) is 9.59 Å². The topological polar surface area (TPSA) is 70.2 Å². The van der Waals surface area contributed by atoms with Crippen molar-refractivity contribution in [2.45, 2.75) is 44.7 Å². The number of amides is 2. The molecule has 1 aliphatic heterocycles. The molecule has 2 aliphatic rings. The molecule has 0 aromatic carbocycles. The van der Waals surface area contributed by atoms with E-state index in [0.29, 0.717) is 12.5 Å². The van der Waals surface area contributed by atoms with Gasteiger partial charge in [-0.25, -0.2) is 0 Å². The normalized spacial score (nSPS) is 27.6. The second-order valence-corrected chi connectivity index (χ2v) is 5.08. The van der Waals surface area contributed by atoms with Gasteiger partial charge in [0.25, 0.3) is 0 Å². The van der Waals surface area contributed by atoms with E-state index in [1.807, 2.05) is 0 Å². The summed E-state index contributed by atoms with van der Waals surface area (Å²) in [6, 6.07) is -0.0408. The molecule has 1 heterocycles. The predicted molar refractivity (Wildman–Crippen MR) is 64.4 cm³/mol. The van der Waals surface area contributed by atoms with Crippen molar-refractivity contribution in [1.82, 2.24) is 16.0 Å². The van der Waals surface area contributed by atoms with Gasteiger partial charge in [-0.2, -0.15) is 0 Å². The Bertz CT molecular complexity index is 290. The van der Waals surface area contributed by atoms with E-state index in [1.54, 1.807) is 0 Å². The van der Waals surface area contributed by atoms with Crippen LogP contribution >= 0.6 is 0 Å². The highest BCUT2D eigenvalue weighted by atomic mass is 16.2. The Morgan fingerprint density at radius 2 is 2.12 bits per heavy atom. The fourth-order valence-corrected chi connectivity index (χ4v) is 2.65. The van der Waals surface area contributed by atoms with Crippen LogP contribution in [0.15, 0.2) is 0 Å². The number of hydrogen-bond acceptors (Lipinski definition) is 3. The number of rotatable bonds is 3. The molecule has 2 atom stereocenters. The fourth-order valence-electron chi connectivity index (χ4n) is 2.65. The quantitative estimate of drug-likeness (QED) is 0.637. The molecule has 2 rings (SSSR count). The smallest absolute Gasteiger partial charge is 0.239 e. The van der Waals surface area contributed by atoms with Crippen molar-refractivity contribution in [3.8, 4) is 0 Å². The molecule has 1 saturated carbocycles. The van der Waals surface area contributed by atoms with Crippen molar-refractivity contribution in [3.63, 3.8) is 0 Å². The van der Waals surface area contributed by atoms with E-state index in [2.05, 4.69) is 22.9 Å². The average Bonchev–Trinajstić information content (AvgIpc) is 2.83. The molecule has 1 aliphatic carbocycles. The molecule has 1 saturated heterocycles. The Hall–Kier alpha value is -1.10. The van der Waals surface area contributed by atoms with Crippen molar-refractivity contribution in [2.75, 3.05) is 13.1 Å². The molecule has 5 nitrogen and oxygen atoms in total. The molecule has 0 spiro atoms. The van der Waals surface area contributed by atoms with E-state index in [4.69, 9.17) is 0 Å². The molecule has 5 heteroatoms. The van der Waals surface area contributed by atoms with Crippen LogP contribution in [0.2, 0.25) is 0 Å². The van der Waals surface area contributed by atoms with Gasteiger partial charge >= 0.3 is 0 Å². The second-order valence-electron chi connectivity index (χ2n) is 5.08. The zero-order valence-corrected chi connectivity index (χ0v) is 10.3. The highest BCUT2D eigenvalue weighted by molar-refractivity contribution is 5.86. The Balaban J connectivity index is 1.77. The third kappa shape index (κ3) is 3.19. The summed E-state index contributed by atoms with van der Waals surface area (Å²) in [4.78, 5) is 22.9. The highest BCUT2D eigenvalue weighted by Gasteiger charge is 2.27. The summed E-state index contributed by atoms with van der Waals surface area (Å²) in [6.07, 6.45) is 5.00. The minimum atomic E-state index is -0.281. The van der Waals surface area contributed by atoms with Gasteiger partial charge in [0.05, 0.1) is 6.54 Å². The molecule has 2 fully saturated rings. The SMILES string of the molecule is C[C@@H](NC(=O)C1CNC(=O)CN1)C1CCCC1. The zero-order valence-electron chi connectivity index (χ0n) is 10.3. The first-order chi connectivity index (χ1) is 8.16. The fraction of sp³-hybridized carbons (Fsp3) is 0.833. The van der Waals surface area contributed by atoms with Crippen molar-refractivity contribution in [2.24, 2.45) is 5.92 Å². The summed E-state index contributed by atoms with van der Waals surface area (Å²) in [5.41, 5.74) is 0.